The van der Waals surface area contributed by atoms with E-state index in [-0.39, 0.29) is 16.8 Å². The minimum absolute atomic E-state index is 0.0622. The molecule has 0 bridgehead atoms. The molecular formula is C20H32O2. The Morgan fingerprint density at radius 3 is 1.77 bits per heavy atom. The van der Waals surface area contributed by atoms with Crippen LogP contribution in [0.25, 0.3) is 0 Å². The molecule has 0 unspecified atom stereocenters. The number of hydrogen-bond acceptors (Lipinski definition) is 2. The molecular weight excluding hydrogens is 272 g/mol. The van der Waals surface area contributed by atoms with Crippen molar-refractivity contribution in [3.63, 3.8) is 0 Å². The molecule has 22 heavy (non-hydrogen) atoms. The third-order valence-corrected chi connectivity index (χ3v) is 3.68. The lowest BCUT2D eigenvalue weighted by atomic mass is 9.75. The van der Waals surface area contributed by atoms with Gasteiger partial charge in [0.05, 0.1) is 5.41 Å². The SMILES string of the molecule is CC(C)(C)C(=O)OCc1ccc(C(C)(C)C)c(C(C)(C)C)c1. The van der Waals surface area contributed by atoms with Gasteiger partial charge in [0, 0.05) is 0 Å². The highest BCUT2D eigenvalue weighted by Gasteiger charge is 2.26. The zero-order chi connectivity index (χ0) is 17.3. The Kier molecular flexibility index (Phi) is 5.16. The van der Waals surface area contributed by atoms with E-state index in [0.29, 0.717) is 6.61 Å². The summed E-state index contributed by atoms with van der Waals surface area (Å²) in [6, 6.07) is 6.45. The van der Waals surface area contributed by atoms with Crippen LogP contribution in [0, 0.1) is 5.41 Å². The van der Waals surface area contributed by atoms with E-state index in [1.54, 1.807) is 0 Å². The molecule has 0 aliphatic rings. The van der Waals surface area contributed by atoms with Crippen LogP contribution >= 0.6 is 0 Å². The third kappa shape index (κ3) is 4.86. The molecule has 2 heteroatoms. The van der Waals surface area contributed by atoms with Crippen LogP contribution in [0.1, 0.15) is 79.0 Å². The maximum atomic E-state index is 11.9. The Morgan fingerprint density at radius 2 is 1.36 bits per heavy atom. The quantitative estimate of drug-likeness (QED) is 0.686. The van der Waals surface area contributed by atoms with Crippen molar-refractivity contribution in [2.24, 2.45) is 5.41 Å². The van der Waals surface area contributed by atoms with E-state index >= 15 is 0 Å². The van der Waals surface area contributed by atoms with Crippen molar-refractivity contribution in [1.29, 1.82) is 0 Å². The van der Waals surface area contributed by atoms with Crippen LogP contribution in [0.5, 0.6) is 0 Å². The average Bonchev–Trinajstić information content (AvgIpc) is 2.32. The Hall–Kier alpha value is -1.31. The number of benzene rings is 1. The molecule has 124 valence electrons. The third-order valence-electron chi connectivity index (χ3n) is 3.68. The average molecular weight is 304 g/mol. The first-order valence-corrected chi connectivity index (χ1v) is 8.04. The van der Waals surface area contributed by atoms with Crippen LogP contribution in [0.4, 0.5) is 0 Å². The van der Waals surface area contributed by atoms with E-state index in [2.05, 4.69) is 59.7 Å². The minimum atomic E-state index is -0.460. The van der Waals surface area contributed by atoms with Crippen molar-refractivity contribution >= 4 is 5.97 Å². The molecule has 0 amide bonds. The van der Waals surface area contributed by atoms with Gasteiger partial charge in [0.25, 0.3) is 0 Å². The summed E-state index contributed by atoms with van der Waals surface area (Å²) in [6.45, 7) is 19.3. The topological polar surface area (TPSA) is 26.3 Å². The normalized spacial score (nSPS) is 13.1. The summed E-state index contributed by atoms with van der Waals surface area (Å²) in [7, 11) is 0. The summed E-state index contributed by atoms with van der Waals surface area (Å²) in [5, 5.41) is 0. The van der Waals surface area contributed by atoms with Crippen LogP contribution in [-0.2, 0) is 27.0 Å². The van der Waals surface area contributed by atoms with Gasteiger partial charge in [-0.3, -0.25) is 4.79 Å². The van der Waals surface area contributed by atoms with Crippen LogP contribution in [0.3, 0.4) is 0 Å². The molecule has 0 fully saturated rings. The first kappa shape index (κ1) is 18.7. The van der Waals surface area contributed by atoms with E-state index in [1.807, 2.05) is 20.8 Å². The first-order valence-electron chi connectivity index (χ1n) is 8.04. The Bertz CT molecular complexity index is 534. The van der Waals surface area contributed by atoms with Crippen molar-refractivity contribution in [2.45, 2.75) is 79.8 Å². The summed E-state index contributed by atoms with van der Waals surface area (Å²) in [6.07, 6.45) is 0. The van der Waals surface area contributed by atoms with Gasteiger partial charge >= 0.3 is 5.97 Å². The lowest BCUT2D eigenvalue weighted by Gasteiger charge is -2.30. The maximum absolute atomic E-state index is 11.9. The van der Waals surface area contributed by atoms with Crippen molar-refractivity contribution < 1.29 is 9.53 Å². The standard InChI is InChI=1S/C20H32O2/c1-18(2,3)15-11-10-14(12-16(15)19(4,5)6)13-22-17(21)20(7,8)9/h10-12H,13H2,1-9H3. The number of carbonyl (C=O) groups excluding carboxylic acids is 1. The highest BCUT2D eigenvalue weighted by atomic mass is 16.5. The van der Waals surface area contributed by atoms with Crippen LogP contribution < -0.4 is 0 Å². The van der Waals surface area contributed by atoms with Crippen molar-refractivity contribution in [3.05, 3.63) is 34.9 Å². The molecule has 0 spiro atoms. The second-order valence-corrected chi connectivity index (χ2v) is 9.21. The second-order valence-electron chi connectivity index (χ2n) is 9.21. The van der Waals surface area contributed by atoms with E-state index in [9.17, 15) is 4.79 Å². The molecule has 0 aromatic heterocycles. The smallest absolute Gasteiger partial charge is 0.311 e. The molecule has 0 saturated heterocycles. The second kappa shape index (κ2) is 6.06. The van der Waals surface area contributed by atoms with E-state index in [1.165, 1.54) is 11.1 Å². The van der Waals surface area contributed by atoms with Crippen LogP contribution in [0.15, 0.2) is 18.2 Å². The summed E-state index contributed by atoms with van der Waals surface area (Å²) in [5.41, 5.74) is 3.43. The van der Waals surface area contributed by atoms with Crippen molar-refractivity contribution in [2.75, 3.05) is 0 Å². The number of esters is 1. The van der Waals surface area contributed by atoms with Gasteiger partial charge in [0.2, 0.25) is 0 Å². The van der Waals surface area contributed by atoms with Crippen molar-refractivity contribution in [1.82, 2.24) is 0 Å². The van der Waals surface area contributed by atoms with E-state index < -0.39 is 5.41 Å². The fourth-order valence-electron chi connectivity index (χ4n) is 2.32. The van der Waals surface area contributed by atoms with Crippen molar-refractivity contribution in [3.8, 4) is 0 Å². The van der Waals surface area contributed by atoms with Gasteiger partial charge < -0.3 is 4.74 Å². The first-order chi connectivity index (χ1) is 9.73. The molecule has 0 saturated carbocycles. The predicted molar refractivity (Wildman–Crippen MR) is 93.1 cm³/mol. The van der Waals surface area contributed by atoms with Gasteiger partial charge in [-0.25, -0.2) is 0 Å². The number of rotatable bonds is 2. The van der Waals surface area contributed by atoms with Gasteiger partial charge in [-0.05, 0) is 48.3 Å². The lowest BCUT2D eigenvalue weighted by molar-refractivity contribution is -0.154. The number of ether oxygens (including phenoxy) is 1. The fourth-order valence-corrected chi connectivity index (χ4v) is 2.32. The molecule has 0 aliphatic carbocycles. The zero-order valence-electron chi connectivity index (χ0n) is 15.8. The van der Waals surface area contributed by atoms with Crippen LogP contribution in [0.2, 0.25) is 0 Å². The Labute approximate surface area is 136 Å². The molecule has 0 atom stereocenters. The van der Waals surface area contributed by atoms with Gasteiger partial charge in [-0.1, -0.05) is 59.7 Å². The van der Waals surface area contributed by atoms with E-state index in [4.69, 9.17) is 4.74 Å². The summed E-state index contributed by atoms with van der Waals surface area (Å²) >= 11 is 0. The lowest BCUT2D eigenvalue weighted by Crippen LogP contribution is -2.24. The summed E-state index contributed by atoms with van der Waals surface area (Å²) < 4.78 is 5.45. The molecule has 1 aromatic carbocycles. The fraction of sp³-hybridized carbons (Fsp3) is 0.650. The Morgan fingerprint density at radius 1 is 0.864 bits per heavy atom. The van der Waals surface area contributed by atoms with Crippen LogP contribution in [-0.4, -0.2) is 5.97 Å². The molecule has 0 radical (unpaired) electrons. The summed E-state index contributed by atoms with van der Waals surface area (Å²) in [4.78, 5) is 11.9. The number of carbonyl (C=O) groups is 1. The molecule has 1 rings (SSSR count). The highest BCUT2D eigenvalue weighted by Crippen LogP contribution is 2.34. The molecule has 0 aliphatic heterocycles. The van der Waals surface area contributed by atoms with Gasteiger partial charge in [0.1, 0.15) is 6.61 Å². The largest absolute Gasteiger partial charge is 0.460 e. The van der Waals surface area contributed by atoms with Gasteiger partial charge in [0.15, 0.2) is 0 Å². The van der Waals surface area contributed by atoms with E-state index in [0.717, 1.165) is 5.56 Å². The molecule has 0 N–H and O–H groups in total. The maximum Gasteiger partial charge on any atom is 0.311 e. The highest BCUT2D eigenvalue weighted by molar-refractivity contribution is 5.75. The predicted octanol–water partition coefficient (Wildman–Crippen LogP) is 5.37. The molecule has 2 nitrogen and oxygen atoms in total. The molecule has 1 aromatic rings. The number of hydrogen-bond donors (Lipinski definition) is 0. The summed E-state index contributed by atoms with van der Waals surface area (Å²) in [5.74, 6) is -0.162. The van der Waals surface area contributed by atoms with Gasteiger partial charge in [-0.15, -0.1) is 0 Å². The zero-order valence-corrected chi connectivity index (χ0v) is 15.8. The van der Waals surface area contributed by atoms with Gasteiger partial charge in [-0.2, -0.15) is 0 Å². The Balaban J connectivity index is 3.09. The minimum Gasteiger partial charge on any atom is -0.460 e. The monoisotopic (exact) mass is 304 g/mol. The molecule has 0 heterocycles.